The van der Waals surface area contributed by atoms with Crippen molar-refractivity contribution in [3.8, 4) is 5.75 Å². The van der Waals surface area contributed by atoms with E-state index < -0.39 is 23.2 Å². The lowest BCUT2D eigenvalue weighted by Gasteiger charge is -2.49. The Morgan fingerprint density at radius 3 is 2.58 bits per heavy atom. The first kappa shape index (κ1) is 16.3. The van der Waals surface area contributed by atoms with E-state index in [-0.39, 0.29) is 5.56 Å². The van der Waals surface area contributed by atoms with Crippen LogP contribution in [0.4, 0.5) is 0 Å². The minimum absolute atomic E-state index is 0.254. The van der Waals surface area contributed by atoms with Crippen molar-refractivity contribution in [2.75, 3.05) is 0 Å². The van der Waals surface area contributed by atoms with Crippen LogP contribution >= 0.6 is 0 Å². The second kappa shape index (κ2) is 5.21. The molecule has 6 nitrogen and oxygen atoms in total. The SMILES string of the molecule is CC1(C)Oc2ccc(C(N)=O)cc2C(n2ccccc2=O)C1(C)O. The molecule has 2 heterocycles. The largest absolute Gasteiger partial charge is 0.484 e. The summed E-state index contributed by atoms with van der Waals surface area (Å²) in [6.07, 6.45) is 1.61. The van der Waals surface area contributed by atoms with Gasteiger partial charge in [0.2, 0.25) is 5.91 Å². The molecule has 0 saturated heterocycles. The van der Waals surface area contributed by atoms with Crippen molar-refractivity contribution in [2.45, 2.75) is 38.0 Å². The number of pyridine rings is 1. The Balaban J connectivity index is 2.32. The molecule has 1 aromatic carbocycles. The third kappa shape index (κ3) is 2.30. The number of primary amides is 1. The fourth-order valence-electron chi connectivity index (χ4n) is 3.09. The molecule has 126 valence electrons. The molecule has 1 aliphatic rings. The van der Waals surface area contributed by atoms with Crippen molar-refractivity contribution in [3.63, 3.8) is 0 Å². The van der Waals surface area contributed by atoms with E-state index in [2.05, 4.69) is 0 Å². The molecule has 3 N–H and O–H groups in total. The molecule has 2 aromatic rings. The first-order chi connectivity index (χ1) is 11.1. The lowest BCUT2D eigenvalue weighted by Crippen LogP contribution is -2.60. The van der Waals surface area contributed by atoms with Crippen molar-refractivity contribution in [1.29, 1.82) is 0 Å². The van der Waals surface area contributed by atoms with Gasteiger partial charge in [-0.1, -0.05) is 6.07 Å². The van der Waals surface area contributed by atoms with Crippen molar-refractivity contribution in [1.82, 2.24) is 4.57 Å². The maximum Gasteiger partial charge on any atom is 0.251 e. The minimum Gasteiger partial charge on any atom is -0.484 e. The van der Waals surface area contributed by atoms with E-state index in [1.165, 1.54) is 10.6 Å². The summed E-state index contributed by atoms with van der Waals surface area (Å²) in [7, 11) is 0. The summed E-state index contributed by atoms with van der Waals surface area (Å²) in [5, 5.41) is 11.2. The predicted octanol–water partition coefficient (Wildman–Crippen LogP) is 1.46. The third-order valence-corrected chi connectivity index (χ3v) is 4.83. The summed E-state index contributed by atoms with van der Waals surface area (Å²) in [5.41, 5.74) is 3.60. The van der Waals surface area contributed by atoms with Crippen molar-refractivity contribution in [2.24, 2.45) is 5.73 Å². The van der Waals surface area contributed by atoms with Gasteiger partial charge in [0.1, 0.15) is 17.0 Å². The van der Waals surface area contributed by atoms with Crippen molar-refractivity contribution < 1.29 is 14.6 Å². The number of amides is 1. The number of hydrogen-bond acceptors (Lipinski definition) is 4. The van der Waals surface area contributed by atoms with Crippen LogP contribution in [-0.2, 0) is 0 Å². The lowest BCUT2D eigenvalue weighted by molar-refractivity contribution is -0.139. The molecule has 0 aliphatic carbocycles. The molecule has 0 fully saturated rings. The van der Waals surface area contributed by atoms with Crippen LogP contribution < -0.4 is 16.0 Å². The Hall–Kier alpha value is -2.60. The highest BCUT2D eigenvalue weighted by molar-refractivity contribution is 5.93. The highest BCUT2D eigenvalue weighted by Gasteiger charge is 2.53. The van der Waals surface area contributed by atoms with Gasteiger partial charge in [0.25, 0.3) is 5.56 Å². The number of nitrogens with zero attached hydrogens (tertiary/aromatic N) is 1. The molecule has 1 amide bonds. The van der Waals surface area contributed by atoms with Gasteiger partial charge < -0.3 is 20.1 Å². The van der Waals surface area contributed by atoms with E-state index in [4.69, 9.17) is 10.5 Å². The van der Waals surface area contributed by atoms with E-state index in [0.717, 1.165) is 0 Å². The first-order valence-electron chi connectivity index (χ1n) is 7.67. The number of carbonyl (C=O) groups is 1. The lowest BCUT2D eigenvalue weighted by atomic mass is 9.75. The van der Waals surface area contributed by atoms with E-state index in [1.807, 2.05) is 0 Å². The molecule has 0 saturated carbocycles. The summed E-state index contributed by atoms with van der Waals surface area (Å²) in [6.45, 7) is 5.15. The smallest absolute Gasteiger partial charge is 0.251 e. The zero-order valence-electron chi connectivity index (χ0n) is 13.8. The second-order valence-electron chi connectivity index (χ2n) is 6.73. The van der Waals surface area contributed by atoms with Gasteiger partial charge in [-0.25, -0.2) is 0 Å². The minimum atomic E-state index is -1.40. The summed E-state index contributed by atoms with van der Waals surface area (Å²) >= 11 is 0. The molecule has 3 rings (SSSR count). The van der Waals surface area contributed by atoms with Gasteiger partial charge in [-0.05, 0) is 45.0 Å². The fraction of sp³-hybridized carbons (Fsp3) is 0.333. The van der Waals surface area contributed by atoms with Crippen LogP contribution in [0.15, 0.2) is 47.4 Å². The summed E-state index contributed by atoms with van der Waals surface area (Å²) in [5.74, 6) is -0.0706. The number of aromatic nitrogens is 1. The number of hydrogen-bond donors (Lipinski definition) is 2. The van der Waals surface area contributed by atoms with Gasteiger partial charge >= 0.3 is 0 Å². The molecule has 2 atom stereocenters. The fourth-order valence-corrected chi connectivity index (χ4v) is 3.09. The highest BCUT2D eigenvalue weighted by atomic mass is 16.5. The van der Waals surface area contributed by atoms with Crippen LogP contribution in [0.3, 0.4) is 0 Å². The zero-order chi connectivity index (χ0) is 17.7. The van der Waals surface area contributed by atoms with Crippen molar-refractivity contribution in [3.05, 3.63) is 64.1 Å². The van der Waals surface area contributed by atoms with Crippen LogP contribution in [0, 0.1) is 0 Å². The van der Waals surface area contributed by atoms with Gasteiger partial charge in [0, 0.05) is 23.4 Å². The van der Waals surface area contributed by atoms with Gasteiger partial charge in [-0.3, -0.25) is 9.59 Å². The second-order valence-corrected chi connectivity index (χ2v) is 6.73. The average molecular weight is 328 g/mol. The molecule has 24 heavy (non-hydrogen) atoms. The quantitative estimate of drug-likeness (QED) is 0.872. The standard InChI is InChI=1S/C18H20N2O4/c1-17(2)18(3,23)15(20-9-5-4-6-14(20)21)12-10-11(16(19)22)7-8-13(12)24-17/h4-10,15,23H,1-3H3,(H2,19,22). The van der Waals surface area contributed by atoms with Gasteiger partial charge in [0.15, 0.2) is 0 Å². The van der Waals surface area contributed by atoms with Crippen LogP contribution in [0.5, 0.6) is 5.75 Å². The molecule has 0 radical (unpaired) electrons. The topological polar surface area (TPSA) is 94.5 Å². The van der Waals surface area contributed by atoms with Crippen molar-refractivity contribution >= 4 is 5.91 Å². The molecule has 1 aromatic heterocycles. The Morgan fingerprint density at radius 2 is 1.96 bits per heavy atom. The number of nitrogens with two attached hydrogens (primary N) is 1. The van der Waals surface area contributed by atoms with Crippen LogP contribution in [0.25, 0.3) is 0 Å². The van der Waals surface area contributed by atoms with Crippen LogP contribution in [0.1, 0.15) is 42.7 Å². The summed E-state index contributed by atoms with van der Waals surface area (Å²) in [6, 6.07) is 8.86. The molecular weight excluding hydrogens is 308 g/mol. The van der Waals surface area contributed by atoms with Gasteiger partial charge in [-0.2, -0.15) is 0 Å². The van der Waals surface area contributed by atoms with E-state index in [1.54, 1.807) is 57.3 Å². The third-order valence-electron chi connectivity index (χ3n) is 4.83. The number of carbonyl (C=O) groups excluding carboxylic acids is 1. The Morgan fingerprint density at radius 1 is 1.25 bits per heavy atom. The maximum absolute atomic E-state index is 12.4. The van der Waals surface area contributed by atoms with Crippen LogP contribution in [-0.4, -0.2) is 26.8 Å². The predicted molar refractivity (Wildman–Crippen MR) is 89.1 cm³/mol. The van der Waals surface area contributed by atoms with Gasteiger partial charge in [-0.15, -0.1) is 0 Å². The molecule has 2 unspecified atom stereocenters. The zero-order valence-corrected chi connectivity index (χ0v) is 13.8. The molecular formula is C18H20N2O4. The monoisotopic (exact) mass is 328 g/mol. The number of benzene rings is 1. The van der Waals surface area contributed by atoms with Gasteiger partial charge in [0.05, 0.1) is 6.04 Å². The van der Waals surface area contributed by atoms with E-state index >= 15 is 0 Å². The first-order valence-corrected chi connectivity index (χ1v) is 7.67. The summed E-state index contributed by atoms with van der Waals surface area (Å²) in [4.78, 5) is 23.9. The summed E-state index contributed by atoms with van der Waals surface area (Å²) < 4.78 is 7.40. The normalized spacial score (nSPS) is 24.8. The van der Waals surface area contributed by atoms with Crippen LogP contribution in [0.2, 0.25) is 0 Å². The Kier molecular flexibility index (Phi) is 3.53. The number of rotatable bonds is 2. The van der Waals surface area contributed by atoms with E-state index in [9.17, 15) is 14.7 Å². The molecule has 1 aliphatic heterocycles. The Bertz CT molecular complexity index is 867. The molecule has 0 bridgehead atoms. The average Bonchev–Trinajstić information content (AvgIpc) is 2.49. The van der Waals surface area contributed by atoms with E-state index in [0.29, 0.717) is 16.9 Å². The number of ether oxygens (including phenoxy) is 1. The Labute approximate surface area is 139 Å². The number of fused-ring (bicyclic) bond motifs is 1. The number of aliphatic hydroxyl groups is 1. The highest BCUT2D eigenvalue weighted by Crippen LogP contribution is 2.47. The molecule has 6 heteroatoms. The molecule has 0 spiro atoms. The maximum atomic E-state index is 12.4.